The van der Waals surface area contributed by atoms with Gasteiger partial charge in [-0.1, -0.05) is 86.8 Å². The van der Waals surface area contributed by atoms with E-state index in [1.54, 1.807) is 0 Å². The minimum atomic E-state index is -0.813. The molecule has 1 amide bonds. The highest BCUT2D eigenvalue weighted by Gasteiger charge is 2.64. The number of nitrogens with one attached hydrogen (secondary N) is 1. The van der Waals surface area contributed by atoms with Gasteiger partial charge < -0.3 is 15.0 Å². The van der Waals surface area contributed by atoms with E-state index in [-0.39, 0.29) is 17.0 Å². The molecule has 4 heteroatoms. The predicted molar refractivity (Wildman–Crippen MR) is 143 cm³/mol. The Balaban J connectivity index is 1.78. The predicted octanol–water partition coefficient (Wildman–Crippen LogP) is 6.29. The Kier molecular flexibility index (Phi) is 7.45. The van der Waals surface area contributed by atoms with Gasteiger partial charge in [-0.2, -0.15) is 0 Å². The summed E-state index contributed by atoms with van der Waals surface area (Å²) in [7, 11) is 0. The van der Waals surface area contributed by atoms with E-state index in [0.29, 0.717) is 25.7 Å². The quantitative estimate of drug-likeness (QED) is 0.433. The lowest BCUT2D eigenvalue weighted by Crippen LogP contribution is -2.65. The molecule has 2 heterocycles. The fourth-order valence-corrected chi connectivity index (χ4v) is 6.77. The highest BCUT2D eigenvalue weighted by Crippen LogP contribution is 2.49. The number of benzene rings is 2. The van der Waals surface area contributed by atoms with Crippen LogP contribution in [0.3, 0.4) is 0 Å². The third kappa shape index (κ3) is 5.81. The van der Waals surface area contributed by atoms with Crippen molar-refractivity contribution in [2.45, 2.75) is 108 Å². The molecule has 0 atom stereocenters. The van der Waals surface area contributed by atoms with Crippen LogP contribution in [0.5, 0.6) is 0 Å². The number of carbonyl (C=O) groups excluding carboxylic acids is 1. The first-order chi connectivity index (χ1) is 16.6. The lowest BCUT2D eigenvalue weighted by molar-refractivity contribution is -0.169. The Bertz CT molecular complexity index is 926. The second kappa shape index (κ2) is 10.1. The van der Waals surface area contributed by atoms with Crippen molar-refractivity contribution in [2.24, 2.45) is 0 Å². The van der Waals surface area contributed by atoms with Crippen molar-refractivity contribution in [3.8, 4) is 0 Å². The van der Waals surface area contributed by atoms with Crippen molar-refractivity contribution in [1.29, 1.82) is 0 Å². The number of rotatable bonds is 9. The van der Waals surface area contributed by atoms with Gasteiger partial charge in [0, 0.05) is 43.3 Å². The fourth-order valence-electron chi connectivity index (χ4n) is 6.77. The Morgan fingerprint density at radius 2 is 1.31 bits per heavy atom. The Morgan fingerprint density at radius 1 is 0.800 bits per heavy atom. The second-order valence-corrected chi connectivity index (χ2v) is 12.1. The third-order valence-electron chi connectivity index (χ3n) is 7.53. The number of amides is 1. The van der Waals surface area contributed by atoms with Gasteiger partial charge in [-0.15, -0.1) is 0 Å². The number of hydrogen-bond donors (Lipinski definition) is 1. The van der Waals surface area contributed by atoms with Crippen LogP contribution < -0.4 is 5.32 Å². The summed E-state index contributed by atoms with van der Waals surface area (Å²) in [5, 5.41) is 3.75. The van der Waals surface area contributed by atoms with E-state index < -0.39 is 11.3 Å². The number of nitrogens with zero attached hydrogens (tertiary/aromatic N) is 1. The number of carbonyl (C=O) groups is 1. The zero-order valence-electron chi connectivity index (χ0n) is 22.4. The average molecular weight is 477 g/mol. The maximum atomic E-state index is 14.5. The summed E-state index contributed by atoms with van der Waals surface area (Å²) < 4.78 is 7.27. The van der Waals surface area contributed by atoms with E-state index in [9.17, 15) is 4.79 Å². The van der Waals surface area contributed by atoms with E-state index in [0.717, 1.165) is 19.4 Å². The summed E-state index contributed by atoms with van der Waals surface area (Å²) in [5.41, 5.74) is 0.516. The van der Waals surface area contributed by atoms with Crippen molar-refractivity contribution >= 4 is 5.91 Å². The molecule has 2 saturated heterocycles. The Labute approximate surface area is 212 Å². The number of unbranched alkanes of at least 4 members (excludes halogenated alkanes) is 3. The highest BCUT2D eigenvalue weighted by atomic mass is 16.6. The maximum absolute atomic E-state index is 14.5. The summed E-state index contributed by atoms with van der Waals surface area (Å²) in [6.07, 6.45) is 7.27. The van der Waals surface area contributed by atoms with E-state index in [2.05, 4.69) is 105 Å². The summed E-state index contributed by atoms with van der Waals surface area (Å²) in [4.78, 5) is 16.6. The van der Waals surface area contributed by atoms with Crippen LogP contribution in [0.4, 0.5) is 0 Å². The van der Waals surface area contributed by atoms with Crippen LogP contribution in [0.25, 0.3) is 0 Å². The van der Waals surface area contributed by atoms with Crippen molar-refractivity contribution < 1.29 is 9.53 Å². The monoisotopic (exact) mass is 476 g/mol. The molecule has 2 aromatic carbocycles. The lowest BCUT2D eigenvalue weighted by atomic mass is 9.72. The molecule has 1 N–H and O–H groups in total. The largest absolute Gasteiger partial charge is 0.338 e. The molecule has 0 bridgehead atoms. The zero-order chi connectivity index (χ0) is 25.2. The van der Waals surface area contributed by atoms with Gasteiger partial charge in [0.05, 0.1) is 0 Å². The van der Waals surface area contributed by atoms with Crippen LogP contribution in [0.2, 0.25) is 0 Å². The molecule has 0 radical (unpaired) electrons. The molecular weight excluding hydrogens is 432 g/mol. The Morgan fingerprint density at radius 3 is 1.80 bits per heavy atom. The van der Waals surface area contributed by atoms with Gasteiger partial charge in [-0.3, -0.25) is 4.79 Å². The molecule has 2 aliphatic heterocycles. The van der Waals surface area contributed by atoms with Crippen molar-refractivity contribution in [3.05, 3.63) is 71.8 Å². The van der Waals surface area contributed by atoms with Crippen LogP contribution >= 0.6 is 0 Å². The van der Waals surface area contributed by atoms with Gasteiger partial charge in [0.2, 0.25) is 0 Å². The zero-order valence-corrected chi connectivity index (χ0v) is 22.4. The van der Waals surface area contributed by atoms with Gasteiger partial charge in [-0.25, -0.2) is 0 Å². The van der Waals surface area contributed by atoms with E-state index in [1.165, 1.54) is 24.0 Å². The maximum Gasteiger partial charge on any atom is 0.257 e. The topological polar surface area (TPSA) is 41.6 Å². The molecule has 0 saturated carbocycles. The Hall–Kier alpha value is -2.17. The molecule has 0 unspecified atom stereocenters. The molecule has 0 aliphatic carbocycles. The molecule has 190 valence electrons. The normalized spacial score (nSPS) is 22.0. The van der Waals surface area contributed by atoms with Crippen LogP contribution in [0.15, 0.2) is 60.7 Å². The van der Waals surface area contributed by atoms with Gasteiger partial charge in [0.15, 0.2) is 11.3 Å². The molecule has 1 spiro atoms. The summed E-state index contributed by atoms with van der Waals surface area (Å²) in [5.74, 6) is 0.184. The standard InChI is InChI=1S/C31H44N2O2/c1-6-7-8-15-20-33-27(34)30(23-28(2,3)32-29(4,5)24-30)35-31(33,21-25-16-11-9-12-17-25)22-26-18-13-10-14-19-26/h9-14,16-19,32H,6-8,15,20-24H2,1-5H3. The van der Waals surface area contributed by atoms with Gasteiger partial charge in [0.25, 0.3) is 5.91 Å². The molecular formula is C31H44N2O2. The second-order valence-electron chi connectivity index (χ2n) is 12.1. The van der Waals surface area contributed by atoms with E-state index in [4.69, 9.17) is 4.74 Å². The first kappa shape index (κ1) is 25.9. The molecule has 2 aromatic rings. The van der Waals surface area contributed by atoms with Crippen molar-refractivity contribution in [3.63, 3.8) is 0 Å². The van der Waals surface area contributed by atoms with Gasteiger partial charge in [0.1, 0.15) is 0 Å². The number of hydrogen-bond acceptors (Lipinski definition) is 3. The van der Waals surface area contributed by atoms with Crippen molar-refractivity contribution in [1.82, 2.24) is 10.2 Å². The molecule has 4 nitrogen and oxygen atoms in total. The molecule has 2 fully saturated rings. The smallest absolute Gasteiger partial charge is 0.257 e. The molecule has 2 aliphatic rings. The molecule has 0 aromatic heterocycles. The lowest BCUT2D eigenvalue weighted by Gasteiger charge is -2.50. The van der Waals surface area contributed by atoms with Crippen molar-refractivity contribution in [2.75, 3.05) is 6.54 Å². The molecule has 4 rings (SSSR count). The SMILES string of the molecule is CCCCCCN1C(=O)C2(CC(C)(C)NC(C)(C)C2)OC1(Cc1ccccc1)Cc1ccccc1. The summed E-state index contributed by atoms with van der Waals surface area (Å²) in [6.45, 7) is 11.8. The fraction of sp³-hybridized carbons (Fsp3) is 0.581. The summed E-state index contributed by atoms with van der Waals surface area (Å²) >= 11 is 0. The molecule has 35 heavy (non-hydrogen) atoms. The average Bonchev–Trinajstić information content (AvgIpc) is 2.96. The van der Waals surface area contributed by atoms with Gasteiger partial charge in [-0.05, 0) is 45.2 Å². The number of ether oxygens (including phenoxy) is 1. The van der Waals surface area contributed by atoms with Crippen LogP contribution in [0, 0.1) is 0 Å². The highest BCUT2D eigenvalue weighted by molar-refractivity contribution is 5.88. The first-order valence-corrected chi connectivity index (χ1v) is 13.5. The van der Waals surface area contributed by atoms with Crippen LogP contribution in [-0.2, 0) is 22.4 Å². The van der Waals surface area contributed by atoms with Crippen LogP contribution in [-0.4, -0.2) is 39.8 Å². The third-order valence-corrected chi connectivity index (χ3v) is 7.53. The van der Waals surface area contributed by atoms with E-state index >= 15 is 0 Å². The summed E-state index contributed by atoms with van der Waals surface area (Å²) in [6, 6.07) is 21.1. The van der Waals surface area contributed by atoms with E-state index in [1.807, 2.05) is 0 Å². The van der Waals surface area contributed by atoms with Gasteiger partial charge >= 0.3 is 0 Å². The van der Waals surface area contributed by atoms with Crippen LogP contribution in [0.1, 0.15) is 84.3 Å². The number of piperidine rings is 1. The minimum Gasteiger partial charge on any atom is -0.338 e. The first-order valence-electron chi connectivity index (χ1n) is 13.5. The minimum absolute atomic E-state index is 0.184.